The molecule has 0 bridgehead atoms. The second-order valence-corrected chi connectivity index (χ2v) is 8.29. The van der Waals surface area contributed by atoms with Gasteiger partial charge in [0.05, 0.1) is 12.6 Å². The minimum Gasteiger partial charge on any atom is -0.491 e. The van der Waals surface area contributed by atoms with Crippen LogP contribution in [0.4, 0.5) is 0 Å². The van der Waals surface area contributed by atoms with E-state index >= 15 is 0 Å². The molecule has 0 spiro atoms. The van der Waals surface area contributed by atoms with E-state index in [-0.39, 0.29) is 6.10 Å². The lowest BCUT2D eigenvalue weighted by Crippen LogP contribution is -2.84. The van der Waals surface area contributed by atoms with Crippen molar-refractivity contribution in [2.75, 3.05) is 6.54 Å². The van der Waals surface area contributed by atoms with Crippen LogP contribution >= 0.6 is 11.6 Å². The molecule has 0 heterocycles. The monoisotopic (exact) mass is 408 g/mol. The summed E-state index contributed by atoms with van der Waals surface area (Å²) in [7, 11) is 0. The van der Waals surface area contributed by atoms with Crippen molar-refractivity contribution in [3.8, 4) is 5.75 Å². The number of halogens is 1. The third-order valence-electron chi connectivity index (χ3n) is 5.23. The molecule has 0 saturated heterocycles. The number of rotatable bonds is 9. The van der Waals surface area contributed by atoms with Crippen LogP contribution in [0.25, 0.3) is 0 Å². The van der Waals surface area contributed by atoms with Gasteiger partial charge in [0.2, 0.25) is 0 Å². The predicted octanol–water partition coefficient (Wildman–Crippen LogP) is 5.97. The second-order valence-electron chi connectivity index (χ2n) is 7.85. The molecular weight excluding hydrogens is 378 g/mol. The van der Waals surface area contributed by atoms with Gasteiger partial charge in [-0.2, -0.15) is 0 Å². The van der Waals surface area contributed by atoms with Gasteiger partial charge in [0.1, 0.15) is 11.8 Å². The molecule has 0 aromatic heterocycles. The fourth-order valence-corrected chi connectivity index (χ4v) is 3.80. The summed E-state index contributed by atoms with van der Waals surface area (Å²) >= 11 is 6.02. The highest BCUT2D eigenvalue weighted by atomic mass is 35.5. The zero-order valence-electron chi connectivity index (χ0n) is 17.5. The number of ether oxygens (including phenoxy) is 1. The molecule has 0 saturated carbocycles. The summed E-state index contributed by atoms with van der Waals surface area (Å²) in [5.74, 6) is 1.30. The summed E-state index contributed by atoms with van der Waals surface area (Å²) in [6.07, 6.45) is 1.27. The van der Waals surface area contributed by atoms with Gasteiger partial charge in [-0.15, -0.1) is 0 Å². The van der Waals surface area contributed by atoms with E-state index in [1.54, 1.807) is 0 Å². The summed E-state index contributed by atoms with van der Waals surface area (Å²) in [6, 6.07) is 27.9. The maximum absolute atomic E-state index is 6.02. The van der Waals surface area contributed by atoms with Crippen LogP contribution in [0, 0.1) is 0 Å². The first kappa shape index (κ1) is 21.4. The second kappa shape index (κ2) is 10.5. The molecule has 3 aromatic rings. The lowest BCUT2D eigenvalue weighted by molar-refractivity contribution is -0.693. The van der Waals surface area contributed by atoms with Crippen molar-refractivity contribution in [1.82, 2.24) is 0 Å². The van der Waals surface area contributed by atoms with Crippen LogP contribution < -0.4 is 10.1 Å². The van der Waals surface area contributed by atoms with Crippen LogP contribution in [0.3, 0.4) is 0 Å². The fourth-order valence-electron chi connectivity index (χ4n) is 3.68. The molecule has 3 aromatic carbocycles. The molecule has 3 heteroatoms. The van der Waals surface area contributed by atoms with Gasteiger partial charge in [-0.1, -0.05) is 66.2 Å². The Balaban J connectivity index is 1.68. The van der Waals surface area contributed by atoms with Crippen molar-refractivity contribution >= 4 is 11.6 Å². The number of benzene rings is 3. The van der Waals surface area contributed by atoms with E-state index in [4.69, 9.17) is 16.3 Å². The minimum atomic E-state index is 0.190. The highest BCUT2D eigenvalue weighted by molar-refractivity contribution is 6.30. The lowest BCUT2D eigenvalue weighted by Gasteiger charge is -2.20. The molecule has 29 heavy (non-hydrogen) atoms. The van der Waals surface area contributed by atoms with E-state index < -0.39 is 0 Å². The molecule has 0 aliphatic heterocycles. The molecule has 0 amide bonds. The van der Waals surface area contributed by atoms with Crippen molar-refractivity contribution in [3.05, 3.63) is 101 Å². The number of hydrogen-bond acceptors (Lipinski definition) is 1. The smallest absolute Gasteiger partial charge is 0.119 e. The van der Waals surface area contributed by atoms with Crippen LogP contribution in [-0.2, 0) is 0 Å². The molecule has 2 N–H and O–H groups in total. The minimum absolute atomic E-state index is 0.190. The molecule has 0 unspecified atom stereocenters. The molecule has 0 aliphatic carbocycles. The van der Waals surface area contributed by atoms with Crippen molar-refractivity contribution in [3.63, 3.8) is 0 Å². The van der Waals surface area contributed by atoms with Crippen LogP contribution in [-0.4, -0.2) is 12.6 Å². The first-order chi connectivity index (χ1) is 14.0. The Morgan fingerprint density at radius 3 is 1.97 bits per heavy atom. The maximum Gasteiger partial charge on any atom is 0.119 e. The zero-order valence-corrected chi connectivity index (χ0v) is 18.3. The van der Waals surface area contributed by atoms with Crippen LogP contribution in [0.5, 0.6) is 5.75 Å². The molecule has 3 rings (SSSR count). The van der Waals surface area contributed by atoms with Crippen molar-refractivity contribution in [2.24, 2.45) is 0 Å². The first-order valence-corrected chi connectivity index (χ1v) is 10.8. The van der Waals surface area contributed by atoms with Gasteiger partial charge >= 0.3 is 0 Å². The van der Waals surface area contributed by atoms with Gasteiger partial charge in [-0.3, -0.25) is 0 Å². The Morgan fingerprint density at radius 2 is 1.34 bits per heavy atom. The Hall–Kier alpha value is -2.29. The lowest BCUT2D eigenvalue weighted by atomic mass is 9.88. The van der Waals surface area contributed by atoms with Crippen molar-refractivity contribution in [2.45, 2.75) is 45.3 Å². The zero-order chi connectivity index (χ0) is 20.6. The number of nitrogens with two attached hydrogens (primary N) is 1. The molecular formula is C26H31ClNO+. The van der Waals surface area contributed by atoms with Crippen LogP contribution in [0.15, 0.2) is 78.9 Å². The van der Waals surface area contributed by atoms with E-state index in [1.807, 2.05) is 12.1 Å². The van der Waals surface area contributed by atoms with Crippen molar-refractivity contribution in [1.29, 1.82) is 0 Å². The van der Waals surface area contributed by atoms with E-state index in [9.17, 15) is 0 Å². The third-order valence-corrected chi connectivity index (χ3v) is 5.48. The molecule has 2 atom stereocenters. The highest BCUT2D eigenvalue weighted by Gasteiger charge is 2.16. The van der Waals surface area contributed by atoms with Gasteiger partial charge in [-0.05, 0) is 56.2 Å². The Morgan fingerprint density at radius 1 is 0.759 bits per heavy atom. The molecule has 0 radical (unpaired) electrons. The average Bonchev–Trinajstić information content (AvgIpc) is 2.72. The highest BCUT2D eigenvalue weighted by Crippen LogP contribution is 2.29. The van der Waals surface area contributed by atoms with E-state index in [0.717, 1.165) is 23.7 Å². The topological polar surface area (TPSA) is 25.8 Å². The summed E-state index contributed by atoms with van der Waals surface area (Å²) < 4.78 is 5.81. The molecule has 0 aliphatic rings. The number of quaternary nitrogens is 1. The standard InChI is InChI=1S/C26H30ClNO/c1-19(2)29-25-15-11-23(12-16-25)26(22-7-5-4-6-8-22)17-18-28-20(3)21-9-13-24(27)14-10-21/h4-16,19-20,26,28H,17-18H2,1-3H3/p+1/t20-,26-/m1/s1. The van der Waals surface area contributed by atoms with Gasteiger partial charge in [0, 0.05) is 22.9 Å². The predicted molar refractivity (Wildman–Crippen MR) is 122 cm³/mol. The average molecular weight is 409 g/mol. The normalized spacial score (nSPS) is 13.3. The summed E-state index contributed by atoms with van der Waals surface area (Å²) in [4.78, 5) is 0. The third kappa shape index (κ3) is 6.35. The summed E-state index contributed by atoms with van der Waals surface area (Å²) in [5.41, 5.74) is 4.00. The largest absolute Gasteiger partial charge is 0.491 e. The van der Waals surface area contributed by atoms with Gasteiger partial charge in [0.25, 0.3) is 0 Å². The first-order valence-electron chi connectivity index (χ1n) is 10.4. The maximum atomic E-state index is 6.02. The van der Waals surface area contributed by atoms with Crippen LogP contribution in [0.2, 0.25) is 5.02 Å². The van der Waals surface area contributed by atoms with Crippen molar-refractivity contribution < 1.29 is 10.1 Å². The summed E-state index contributed by atoms with van der Waals surface area (Å²) in [5, 5.41) is 3.20. The van der Waals surface area contributed by atoms with E-state index in [1.165, 1.54) is 16.7 Å². The van der Waals surface area contributed by atoms with E-state index in [0.29, 0.717) is 12.0 Å². The van der Waals surface area contributed by atoms with E-state index in [2.05, 4.69) is 92.8 Å². The SMILES string of the molecule is CC(C)Oc1ccc([C@H](CC[NH2+][C@H](C)c2ccc(Cl)cc2)c2ccccc2)cc1. The fraction of sp³-hybridized carbons (Fsp3) is 0.308. The van der Waals surface area contributed by atoms with Crippen LogP contribution in [0.1, 0.15) is 55.8 Å². The van der Waals surface area contributed by atoms with Gasteiger partial charge in [0.15, 0.2) is 0 Å². The molecule has 152 valence electrons. The summed E-state index contributed by atoms with van der Waals surface area (Å²) in [6.45, 7) is 7.41. The molecule has 0 fully saturated rings. The van der Waals surface area contributed by atoms with Gasteiger partial charge < -0.3 is 10.1 Å². The quantitative estimate of drug-likeness (QED) is 0.463. The molecule has 2 nitrogen and oxygen atoms in total. The Labute approximate surface area is 179 Å². The Kier molecular flexibility index (Phi) is 7.74. The van der Waals surface area contributed by atoms with Gasteiger partial charge in [-0.25, -0.2) is 0 Å². The number of hydrogen-bond donors (Lipinski definition) is 1. The Bertz CT molecular complexity index is 859.